The van der Waals surface area contributed by atoms with Crippen LogP contribution >= 0.6 is 0 Å². The number of rotatable bonds is 2. The van der Waals surface area contributed by atoms with Crippen LogP contribution in [0.15, 0.2) is 46.1 Å². The van der Waals surface area contributed by atoms with Gasteiger partial charge in [0.1, 0.15) is 11.8 Å². The van der Waals surface area contributed by atoms with Gasteiger partial charge in [-0.1, -0.05) is 29.5 Å². The highest BCUT2D eigenvalue weighted by Gasteiger charge is 2.39. The average molecular weight is 369 g/mol. The summed E-state index contributed by atoms with van der Waals surface area (Å²) >= 11 is 0. The molecule has 1 aliphatic rings. The number of aromatic amines is 2. The van der Waals surface area contributed by atoms with Crippen molar-refractivity contribution >= 4 is 0 Å². The maximum Gasteiger partial charge on any atom is 0.325 e. The van der Waals surface area contributed by atoms with E-state index in [0.29, 0.717) is 5.69 Å². The molecule has 0 saturated heterocycles. The van der Waals surface area contributed by atoms with Crippen molar-refractivity contribution in [3.63, 3.8) is 0 Å². The first-order valence-electron chi connectivity index (χ1n) is 8.73. The van der Waals surface area contributed by atoms with E-state index < -0.39 is 11.2 Å². The van der Waals surface area contributed by atoms with Crippen LogP contribution in [0.3, 0.4) is 0 Å². The van der Waals surface area contributed by atoms with E-state index in [1.165, 1.54) is 11.8 Å². The fourth-order valence-corrected chi connectivity index (χ4v) is 3.02. The van der Waals surface area contributed by atoms with E-state index in [-0.39, 0.29) is 23.1 Å². The van der Waals surface area contributed by atoms with Crippen molar-refractivity contribution in [2.75, 3.05) is 0 Å². The van der Waals surface area contributed by atoms with Gasteiger partial charge in [0.15, 0.2) is 5.69 Å². The van der Waals surface area contributed by atoms with Crippen LogP contribution in [0.4, 0.5) is 0 Å². The Morgan fingerprint density at radius 2 is 1.96 bits per heavy atom. The zero-order chi connectivity index (χ0) is 19.7. The third-order valence-corrected chi connectivity index (χ3v) is 4.67. The third kappa shape index (κ3) is 3.46. The lowest BCUT2D eigenvalue weighted by Crippen LogP contribution is -2.23. The molecule has 7 heteroatoms. The van der Waals surface area contributed by atoms with E-state index in [4.69, 9.17) is 0 Å². The van der Waals surface area contributed by atoms with Crippen LogP contribution in [0.1, 0.15) is 34.7 Å². The topological polar surface area (TPSA) is 115 Å². The highest BCUT2D eigenvalue weighted by Crippen LogP contribution is 2.48. The lowest BCUT2D eigenvalue weighted by Gasteiger charge is -2.04. The van der Waals surface area contributed by atoms with Crippen molar-refractivity contribution in [2.24, 2.45) is 5.92 Å². The molecule has 136 valence electrons. The Labute approximate surface area is 160 Å². The predicted molar refractivity (Wildman–Crippen MR) is 102 cm³/mol. The molecule has 0 spiro atoms. The Morgan fingerprint density at radius 1 is 1.18 bits per heavy atom. The number of nitriles is 1. The van der Waals surface area contributed by atoms with Crippen LogP contribution < -0.4 is 11.2 Å². The van der Waals surface area contributed by atoms with Gasteiger partial charge in [-0.25, -0.2) is 4.79 Å². The summed E-state index contributed by atoms with van der Waals surface area (Å²) in [5, 5.41) is 17.3. The number of aryl methyl sites for hydroxylation is 1. The van der Waals surface area contributed by atoms with Gasteiger partial charge < -0.3 is 4.98 Å². The zero-order valence-electron chi connectivity index (χ0n) is 15.0. The lowest BCUT2D eigenvalue weighted by molar-refractivity contribution is 0.936. The Hall–Kier alpha value is -3.97. The van der Waals surface area contributed by atoms with Gasteiger partial charge in [0, 0.05) is 23.6 Å². The summed E-state index contributed by atoms with van der Waals surface area (Å²) in [6, 6.07) is 11.7. The molecular weight excluding hydrogens is 354 g/mol. The van der Waals surface area contributed by atoms with Crippen molar-refractivity contribution in [2.45, 2.75) is 19.3 Å². The second kappa shape index (κ2) is 6.98. The standard InChI is InChI=1S/C21H15N5O2/c1-12-2-4-13(5-3-12)6-7-14-8-15(14)16-9-18(25-26-19(16)10-22)17-11-23-21(28)24-20(17)27/h2-5,9,11,14-15H,8H2,1H3,(H2,23,24,27,28)/t14-,15-/m0/s1. The molecule has 1 aromatic carbocycles. The molecule has 7 nitrogen and oxygen atoms in total. The molecule has 0 amide bonds. The summed E-state index contributed by atoms with van der Waals surface area (Å²) in [6.45, 7) is 2.03. The molecule has 1 aliphatic carbocycles. The predicted octanol–water partition coefficient (Wildman–Crippen LogP) is 1.86. The number of H-pyrrole nitrogens is 2. The van der Waals surface area contributed by atoms with E-state index in [2.05, 4.69) is 38.1 Å². The fraction of sp³-hybridized carbons (Fsp3) is 0.190. The second-order valence-electron chi connectivity index (χ2n) is 6.71. The molecule has 1 fully saturated rings. The number of nitrogens with zero attached hydrogens (tertiary/aromatic N) is 3. The second-order valence-corrected chi connectivity index (χ2v) is 6.71. The number of hydrogen-bond acceptors (Lipinski definition) is 5. The molecule has 3 aromatic rings. The van der Waals surface area contributed by atoms with Crippen LogP contribution in [0.5, 0.6) is 0 Å². The molecular formula is C21H15N5O2. The summed E-state index contributed by atoms with van der Waals surface area (Å²) in [7, 11) is 0. The van der Waals surface area contributed by atoms with Gasteiger partial charge >= 0.3 is 5.69 Å². The molecule has 2 atom stereocenters. The quantitative estimate of drug-likeness (QED) is 0.669. The minimum absolute atomic E-state index is 0.0729. The number of hydrogen-bond donors (Lipinski definition) is 2. The van der Waals surface area contributed by atoms with Crippen LogP contribution in [-0.2, 0) is 0 Å². The smallest absolute Gasteiger partial charge is 0.313 e. The summed E-state index contributed by atoms with van der Waals surface area (Å²) in [5.74, 6) is 6.61. The molecule has 2 N–H and O–H groups in total. The Morgan fingerprint density at radius 3 is 2.68 bits per heavy atom. The third-order valence-electron chi connectivity index (χ3n) is 4.67. The van der Waals surface area contributed by atoms with Gasteiger partial charge in [-0.05, 0) is 37.1 Å². The van der Waals surface area contributed by atoms with E-state index >= 15 is 0 Å². The first kappa shape index (κ1) is 17.4. The van der Waals surface area contributed by atoms with Gasteiger partial charge in [-0.3, -0.25) is 9.78 Å². The van der Waals surface area contributed by atoms with Gasteiger partial charge in [0.05, 0.1) is 5.56 Å². The first-order chi connectivity index (χ1) is 13.5. The molecule has 0 unspecified atom stereocenters. The molecule has 0 radical (unpaired) electrons. The normalized spacial score (nSPS) is 17.3. The van der Waals surface area contributed by atoms with Gasteiger partial charge in [-0.15, -0.1) is 10.2 Å². The molecule has 4 rings (SSSR count). The van der Waals surface area contributed by atoms with Gasteiger partial charge in [-0.2, -0.15) is 5.26 Å². The van der Waals surface area contributed by atoms with E-state index in [9.17, 15) is 14.9 Å². The van der Waals surface area contributed by atoms with E-state index in [1.807, 2.05) is 31.2 Å². The summed E-state index contributed by atoms with van der Waals surface area (Å²) in [4.78, 5) is 27.8. The largest absolute Gasteiger partial charge is 0.325 e. The van der Waals surface area contributed by atoms with Crippen LogP contribution in [-0.4, -0.2) is 20.2 Å². The fourth-order valence-electron chi connectivity index (χ4n) is 3.02. The minimum atomic E-state index is -0.593. The molecule has 1 saturated carbocycles. The SMILES string of the molecule is Cc1ccc(C#C[C@H]2C[C@@H]2c2cc(-c3c[nH]c(=O)[nH]c3=O)nnc2C#N)cc1. The minimum Gasteiger partial charge on any atom is -0.313 e. The number of aromatic nitrogens is 4. The first-order valence-corrected chi connectivity index (χ1v) is 8.73. The molecule has 2 heterocycles. The summed E-state index contributed by atoms with van der Waals surface area (Å²) in [6.07, 6.45) is 2.11. The average Bonchev–Trinajstić information content (AvgIpc) is 3.47. The lowest BCUT2D eigenvalue weighted by atomic mass is 10.1. The summed E-state index contributed by atoms with van der Waals surface area (Å²) < 4.78 is 0. The van der Waals surface area contributed by atoms with Crippen molar-refractivity contribution < 1.29 is 0 Å². The molecule has 2 aromatic heterocycles. The Bertz CT molecular complexity index is 1270. The number of nitrogens with one attached hydrogen (secondary N) is 2. The number of benzene rings is 1. The van der Waals surface area contributed by atoms with Crippen LogP contribution in [0.2, 0.25) is 0 Å². The van der Waals surface area contributed by atoms with Crippen molar-refractivity contribution in [3.05, 3.63) is 79.8 Å². The van der Waals surface area contributed by atoms with Crippen LogP contribution in [0.25, 0.3) is 11.3 Å². The van der Waals surface area contributed by atoms with Crippen molar-refractivity contribution in [1.29, 1.82) is 5.26 Å². The zero-order valence-corrected chi connectivity index (χ0v) is 15.0. The Balaban J connectivity index is 1.63. The molecule has 28 heavy (non-hydrogen) atoms. The highest BCUT2D eigenvalue weighted by atomic mass is 16.2. The van der Waals surface area contributed by atoms with Crippen molar-refractivity contribution in [3.8, 4) is 29.2 Å². The monoisotopic (exact) mass is 369 g/mol. The van der Waals surface area contributed by atoms with E-state index in [1.54, 1.807) is 6.07 Å². The highest BCUT2D eigenvalue weighted by molar-refractivity contribution is 5.59. The van der Waals surface area contributed by atoms with Gasteiger partial charge in [0.25, 0.3) is 5.56 Å². The van der Waals surface area contributed by atoms with E-state index in [0.717, 1.165) is 17.5 Å². The molecule has 0 bridgehead atoms. The van der Waals surface area contributed by atoms with Gasteiger partial charge in [0.2, 0.25) is 0 Å². The van der Waals surface area contributed by atoms with Crippen molar-refractivity contribution in [1.82, 2.24) is 20.2 Å². The molecule has 0 aliphatic heterocycles. The van der Waals surface area contributed by atoms with Crippen LogP contribution in [0, 0.1) is 36.0 Å². The Kier molecular flexibility index (Phi) is 4.35. The summed E-state index contributed by atoms with van der Waals surface area (Å²) in [5.41, 5.74) is 2.44. The maximum atomic E-state index is 12.0. The maximum absolute atomic E-state index is 12.0.